The van der Waals surface area contributed by atoms with Gasteiger partial charge in [-0.05, 0) is 88.4 Å². The molecule has 0 saturated carbocycles. The molecule has 1 atom stereocenters. The Morgan fingerprint density at radius 2 is 1.32 bits per heavy atom. The first-order valence-corrected chi connectivity index (χ1v) is 23.9. The van der Waals surface area contributed by atoms with Crippen molar-refractivity contribution in [1.82, 2.24) is 10.6 Å². The van der Waals surface area contributed by atoms with E-state index < -0.39 is 37.0 Å². The van der Waals surface area contributed by atoms with Gasteiger partial charge in [0.25, 0.3) is 20.2 Å². The molecule has 2 aromatic carbocycles. The van der Waals surface area contributed by atoms with E-state index in [1.807, 2.05) is 43.6 Å². The summed E-state index contributed by atoms with van der Waals surface area (Å²) in [7, 11) is -5.93. The summed E-state index contributed by atoms with van der Waals surface area (Å²) in [5, 5.41) is 14.9. The Morgan fingerprint density at radius 3 is 1.92 bits per heavy atom. The third-order valence-electron chi connectivity index (χ3n) is 11.6. The van der Waals surface area contributed by atoms with Gasteiger partial charge in [0.15, 0.2) is 5.71 Å². The lowest BCUT2D eigenvalue weighted by Gasteiger charge is -2.30. The molecule has 0 aromatic heterocycles. The lowest BCUT2D eigenvalue weighted by atomic mass is 9.77. The minimum atomic E-state index is -4.55. The molecule has 16 nitrogen and oxygen atoms in total. The van der Waals surface area contributed by atoms with Crippen LogP contribution < -0.4 is 15.5 Å². The Morgan fingerprint density at radius 1 is 0.758 bits per heavy atom. The van der Waals surface area contributed by atoms with Gasteiger partial charge >= 0.3 is 5.97 Å². The van der Waals surface area contributed by atoms with Crippen LogP contribution in [0.4, 0.5) is 11.4 Å². The molecule has 5 N–H and O–H groups in total. The molecule has 0 bridgehead atoms. The Labute approximate surface area is 366 Å². The van der Waals surface area contributed by atoms with Crippen LogP contribution in [0.25, 0.3) is 0 Å². The maximum atomic E-state index is 12.6. The van der Waals surface area contributed by atoms with Crippen LogP contribution in [0.5, 0.6) is 0 Å². The molecule has 62 heavy (non-hydrogen) atoms. The van der Waals surface area contributed by atoms with Crippen molar-refractivity contribution in [2.75, 3.05) is 58.5 Å². The number of unbranched alkanes of at least 4 members (excludes halogenated alkanes) is 4. The molecule has 4 rings (SSSR count). The smallest absolute Gasteiger partial charge is 0.303 e. The van der Waals surface area contributed by atoms with Crippen molar-refractivity contribution in [1.29, 1.82) is 0 Å². The Balaban J connectivity index is 1.77. The van der Waals surface area contributed by atoms with E-state index in [9.17, 15) is 45.4 Å². The first kappa shape index (κ1) is 50.2. The monoisotopic (exact) mass is 903 g/mol. The maximum Gasteiger partial charge on any atom is 0.303 e. The van der Waals surface area contributed by atoms with E-state index in [1.54, 1.807) is 26.4 Å². The predicted octanol–water partition coefficient (Wildman–Crippen LogP) is 5.68. The molecule has 342 valence electrons. The number of amides is 2. The van der Waals surface area contributed by atoms with Crippen molar-refractivity contribution in [3.63, 3.8) is 0 Å². The number of nitrogens with one attached hydrogen (secondary N) is 2. The molecule has 0 saturated heterocycles. The van der Waals surface area contributed by atoms with Gasteiger partial charge < -0.3 is 30.1 Å². The minimum Gasteiger partial charge on any atom is -0.481 e. The van der Waals surface area contributed by atoms with E-state index in [0.29, 0.717) is 102 Å². The van der Waals surface area contributed by atoms with Gasteiger partial charge in [0.2, 0.25) is 17.5 Å². The number of carboxylic acids is 1. The van der Waals surface area contributed by atoms with Gasteiger partial charge in [0.05, 0.1) is 28.4 Å². The molecule has 2 aliphatic heterocycles. The van der Waals surface area contributed by atoms with Gasteiger partial charge in [-0.3, -0.25) is 23.5 Å². The molecular formula is C44H63N4O12S2+. The third-order valence-corrected chi connectivity index (χ3v) is 13.3. The summed E-state index contributed by atoms with van der Waals surface area (Å²) in [6.07, 6.45) is 11.3. The highest BCUT2D eigenvalue weighted by atomic mass is 32.2. The fraction of sp³-hybridized carbons (Fsp3) is 0.545. The second-order valence-electron chi connectivity index (χ2n) is 16.4. The van der Waals surface area contributed by atoms with Crippen LogP contribution in [0.1, 0.15) is 103 Å². The van der Waals surface area contributed by atoms with Crippen molar-refractivity contribution in [3.8, 4) is 0 Å². The van der Waals surface area contributed by atoms with Crippen LogP contribution >= 0.6 is 0 Å². The zero-order chi connectivity index (χ0) is 45.7. The molecule has 0 aliphatic carbocycles. The minimum absolute atomic E-state index is 0.0275. The Kier molecular flexibility index (Phi) is 18.0. The number of benzene rings is 2. The number of anilines is 1. The first-order chi connectivity index (χ1) is 29.2. The number of ether oxygens (including phenoxy) is 2. The number of allylic oxidation sites excluding steroid dienone is 4. The van der Waals surface area contributed by atoms with Crippen molar-refractivity contribution in [2.24, 2.45) is 0 Å². The summed E-state index contributed by atoms with van der Waals surface area (Å²) < 4.78 is 81.5. The summed E-state index contributed by atoms with van der Waals surface area (Å²) in [6, 6.07) is 9.07. The standard InChI is InChI=1S/C44H62N4O12S2/c1-43(2)34-30-32(61(53,54)55)19-21-36(34)47(27-13-17-41(50)46-25-29-60-5)38(43)14-12-15-39-44(3,23-10-6-9-18-42(51)52)35-31-33(62(56,57)58)20-22-37(35)48(39)26-11-7-8-16-40(49)45-24-28-59-4/h12,14-15,19-22,30-31H,6-11,13,16-18,23-29H2,1-5H3,(H4-,45,46,49,50,51,52,53,54,55,56,57,58)/p+1. The molecule has 0 spiro atoms. The highest BCUT2D eigenvalue weighted by molar-refractivity contribution is 7.86. The zero-order valence-electron chi connectivity index (χ0n) is 36.4. The van der Waals surface area contributed by atoms with E-state index in [-0.39, 0.29) is 34.4 Å². The lowest BCUT2D eigenvalue weighted by Crippen LogP contribution is -2.30. The summed E-state index contributed by atoms with van der Waals surface area (Å²) in [5.41, 5.74) is 3.03. The number of nitrogens with zero attached hydrogens (tertiary/aromatic N) is 2. The third kappa shape index (κ3) is 13.0. The molecule has 2 aliphatic rings. The number of carboxylic acid groups (broad SMARTS) is 1. The van der Waals surface area contributed by atoms with Crippen LogP contribution in [0.3, 0.4) is 0 Å². The van der Waals surface area contributed by atoms with Crippen molar-refractivity contribution >= 4 is 55.1 Å². The van der Waals surface area contributed by atoms with Crippen molar-refractivity contribution in [3.05, 3.63) is 71.5 Å². The number of rotatable bonds is 26. The van der Waals surface area contributed by atoms with E-state index in [2.05, 4.69) is 15.5 Å². The Hall–Kier alpha value is -4.46. The number of fused-ring (bicyclic) bond motifs is 2. The normalized spacial score (nSPS) is 17.8. The molecule has 2 heterocycles. The summed E-state index contributed by atoms with van der Waals surface area (Å²) in [4.78, 5) is 37.9. The first-order valence-electron chi connectivity index (χ1n) is 21.0. The summed E-state index contributed by atoms with van der Waals surface area (Å²) >= 11 is 0. The van der Waals surface area contributed by atoms with Crippen LogP contribution in [0.2, 0.25) is 0 Å². The fourth-order valence-corrected chi connectivity index (χ4v) is 9.32. The molecule has 0 radical (unpaired) electrons. The van der Waals surface area contributed by atoms with Crippen molar-refractivity contribution in [2.45, 2.75) is 112 Å². The van der Waals surface area contributed by atoms with Crippen LogP contribution in [0.15, 0.2) is 70.1 Å². The van der Waals surface area contributed by atoms with E-state index >= 15 is 0 Å². The van der Waals surface area contributed by atoms with Gasteiger partial charge in [-0.25, -0.2) is 0 Å². The SMILES string of the molecule is COCCNC(=O)CCCCCN1C(=CC=CC2=[N+](CCCC(=O)NCCOC)c3ccc(S(=O)(=O)O)cc3C2(C)C)C(C)(CCCCCC(=O)O)c2cc(S(=O)(=O)O)ccc21. The van der Waals surface area contributed by atoms with Crippen LogP contribution in [0, 0.1) is 0 Å². The van der Waals surface area contributed by atoms with Gasteiger partial charge in [0, 0.05) is 94.0 Å². The molecule has 0 fully saturated rings. The number of aliphatic carboxylic acids is 1. The quantitative estimate of drug-likeness (QED) is 0.0436. The maximum absolute atomic E-state index is 12.6. The second-order valence-corrected chi connectivity index (χ2v) is 19.3. The average molecular weight is 904 g/mol. The number of hydrogen-bond acceptors (Lipinski definition) is 10. The summed E-state index contributed by atoms with van der Waals surface area (Å²) in [6.45, 7) is 8.50. The van der Waals surface area contributed by atoms with Gasteiger partial charge in [-0.2, -0.15) is 21.4 Å². The zero-order valence-corrected chi connectivity index (χ0v) is 38.1. The summed E-state index contributed by atoms with van der Waals surface area (Å²) in [5.74, 6) is -1.07. The highest BCUT2D eigenvalue weighted by Gasteiger charge is 2.46. The number of carbonyl (C=O) groups excluding carboxylic acids is 2. The van der Waals surface area contributed by atoms with Crippen LogP contribution in [-0.2, 0) is 54.9 Å². The van der Waals surface area contributed by atoms with E-state index in [0.717, 1.165) is 29.2 Å². The number of hydrogen-bond donors (Lipinski definition) is 5. The largest absolute Gasteiger partial charge is 0.481 e. The highest BCUT2D eigenvalue weighted by Crippen LogP contribution is 2.51. The lowest BCUT2D eigenvalue weighted by molar-refractivity contribution is -0.438. The number of carbonyl (C=O) groups is 3. The fourth-order valence-electron chi connectivity index (χ4n) is 8.31. The Bertz CT molecular complexity index is 2250. The topological polar surface area (TPSA) is 229 Å². The predicted molar refractivity (Wildman–Crippen MR) is 235 cm³/mol. The van der Waals surface area contributed by atoms with Crippen molar-refractivity contribution < 1.29 is 59.5 Å². The van der Waals surface area contributed by atoms with Gasteiger partial charge in [0.1, 0.15) is 6.54 Å². The molecule has 2 amide bonds. The van der Waals surface area contributed by atoms with Crippen LogP contribution in [-0.4, -0.2) is 113 Å². The molecular weight excluding hydrogens is 841 g/mol. The number of methoxy groups -OCH3 is 2. The van der Waals surface area contributed by atoms with E-state index in [1.165, 1.54) is 24.3 Å². The van der Waals surface area contributed by atoms with Gasteiger partial charge in [-0.1, -0.05) is 25.3 Å². The average Bonchev–Trinajstić information content (AvgIpc) is 3.55. The molecule has 2 aromatic rings. The van der Waals surface area contributed by atoms with E-state index in [4.69, 9.17) is 9.47 Å². The second kappa shape index (κ2) is 22.2. The molecule has 1 unspecified atom stereocenters. The van der Waals surface area contributed by atoms with Gasteiger partial charge in [-0.15, -0.1) is 0 Å². The molecule has 18 heteroatoms.